The molecular formula is C22H25F2NO. The molecule has 3 atom stereocenters. The van der Waals surface area contributed by atoms with Crippen LogP contribution < -0.4 is 0 Å². The second-order valence-electron chi connectivity index (χ2n) is 8.04. The number of hydrogen-bond donors (Lipinski definition) is 1. The van der Waals surface area contributed by atoms with Crippen molar-refractivity contribution in [2.24, 2.45) is 11.8 Å². The maximum absolute atomic E-state index is 15.3. The van der Waals surface area contributed by atoms with Crippen LogP contribution in [-0.4, -0.2) is 35.3 Å². The maximum Gasteiger partial charge on any atom is 0.165 e. The first-order valence-corrected chi connectivity index (χ1v) is 9.43. The average Bonchev–Trinajstić information content (AvgIpc) is 3.11. The average molecular weight is 357 g/mol. The van der Waals surface area contributed by atoms with Gasteiger partial charge in [0.15, 0.2) is 11.6 Å². The van der Waals surface area contributed by atoms with Gasteiger partial charge in [-0.25, -0.2) is 8.78 Å². The Kier molecular flexibility index (Phi) is 4.70. The summed E-state index contributed by atoms with van der Waals surface area (Å²) < 4.78 is 28.7. The van der Waals surface area contributed by atoms with Crippen LogP contribution in [0.1, 0.15) is 24.0 Å². The Bertz CT molecular complexity index is 750. The zero-order valence-corrected chi connectivity index (χ0v) is 14.9. The summed E-state index contributed by atoms with van der Waals surface area (Å²) in [5.41, 5.74) is 0.908. The molecule has 1 saturated carbocycles. The van der Waals surface area contributed by atoms with Gasteiger partial charge in [0.05, 0.1) is 0 Å². The fourth-order valence-corrected chi connectivity index (χ4v) is 4.80. The van der Waals surface area contributed by atoms with E-state index in [1.165, 1.54) is 12.1 Å². The molecule has 2 aliphatic rings. The van der Waals surface area contributed by atoms with Crippen LogP contribution >= 0.6 is 0 Å². The van der Waals surface area contributed by atoms with Crippen LogP contribution in [0.25, 0.3) is 0 Å². The van der Waals surface area contributed by atoms with Crippen molar-refractivity contribution in [3.8, 4) is 5.75 Å². The standard InChI is InChI=1S/C22H25F2NO/c23-20-10-16(6-7-21(20)26)8-9-25-14-18-12-22(24,13-19(18)15-25)11-17-4-2-1-3-5-17/h1-7,10,18-19,26H,8-9,11-15H2/t18-,19+,22+. The number of halogens is 2. The van der Waals surface area contributed by atoms with Crippen LogP contribution in [0.15, 0.2) is 48.5 Å². The molecule has 0 bridgehead atoms. The number of rotatable bonds is 5. The van der Waals surface area contributed by atoms with E-state index >= 15 is 4.39 Å². The summed E-state index contributed by atoms with van der Waals surface area (Å²) in [7, 11) is 0. The van der Waals surface area contributed by atoms with E-state index in [2.05, 4.69) is 4.90 Å². The highest BCUT2D eigenvalue weighted by molar-refractivity contribution is 5.28. The smallest absolute Gasteiger partial charge is 0.165 e. The highest BCUT2D eigenvalue weighted by Crippen LogP contribution is 2.47. The van der Waals surface area contributed by atoms with Gasteiger partial charge in [-0.05, 0) is 54.4 Å². The molecule has 4 rings (SSSR count). The highest BCUT2D eigenvalue weighted by Gasteiger charge is 2.49. The fraction of sp³-hybridized carbons (Fsp3) is 0.455. The summed E-state index contributed by atoms with van der Waals surface area (Å²) in [5, 5.41) is 9.27. The molecule has 1 N–H and O–H groups in total. The Morgan fingerprint density at radius 2 is 1.69 bits per heavy atom. The molecule has 26 heavy (non-hydrogen) atoms. The van der Waals surface area contributed by atoms with Crippen molar-refractivity contribution in [2.45, 2.75) is 31.4 Å². The summed E-state index contributed by atoms with van der Waals surface area (Å²) in [4.78, 5) is 2.38. The Morgan fingerprint density at radius 1 is 1.00 bits per heavy atom. The van der Waals surface area contributed by atoms with Gasteiger partial charge in [0.2, 0.25) is 0 Å². The largest absolute Gasteiger partial charge is 0.505 e. The maximum atomic E-state index is 15.3. The van der Waals surface area contributed by atoms with Crippen LogP contribution in [0.4, 0.5) is 8.78 Å². The minimum atomic E-state index is -1.07. The third kappa shape index (κ3) is 3.75. The highest BCUT2D eigenvalue weighted by atomic mass is 19.1. The Morgan fingerprint density at radius 3 is 2.35 bits per heavy atom. The van der Waals surface area contributed by atoms with Gasteiger partial charge in [-0.3, -0.25) is 0 Å². The second-order valence-corrected chi connectivity index (χ2v) is 8.04. The number of phenols is 1. The number of likely N-dealkylation sites (tertiary alicyclic amines) is 1. The molecule has 1 heterocycles. The number of hydrogen-bond acceptors (Lipinski definition) is 2. The van der Waals surface area contributed by atoms with Crippen molar-refractivity contribution in [1.29, 1.82) is 0 Å². The molecule has 2 aromatic rings. The lowest BCUT2D eigenvalue weighted by Crippen LogP contribution is -2.29. The first kappa shape index (κ1) is 17.5. The lowest BCUT2D eigenvalue weighted by Gasteiger charge is -2.24. The van der Waals surface area contributed by atoms with Crippen molar-refractivity contribution >= 4 is 0 Å². The molecule has 0 radical (unpaired) electrons. The molecule has 0 aromatic heterocycles. The number of aromatic hydroxyl groups is 1. The Labute approximate surface area is 153 Å². The zero-order chi connectivity index (χ0) is 18.1. The van der Waals surface area contributed by atoms with Gasteiger partial charge >= 0.3 is 0 Å². The third-order valence-corrected chi connectivity index (χ3v) is 6.00. The Balaban J connectivity index is 1.30. The summed E-state index contributed by atoms with van der Waals surface area (Å²) in [5.74, 6) is -0.00777. The predicted octanol–water partition coefficient (Wildman–Crippen LogP) is 4.37. The summed E-state index contributed by atoms with van der Waals surface area (Å²) in [6.45, 7) is 2.73. The van der Waals surface area contributed by atoms with E-state index in [0.717, 1.165) is 37.2 Å². The lowest BCUT2D eigenvalue weighted by molar-refractivity contribution is 0.147. The van der Waals surface area contributed by atoms with E-state index in [4.69, 9.17) is 0 Å². The minimum Gasteiger partial charge on any atom is -0.505 e. The van der Waals surface area contributed by atoms with E-state index in [9.17, 15) is 9.50 Å². The molecular weight excluding hydrogens is 332 g/mol. The second kappa shape index (κ2) is 6.99. The predicted molar refractivity (Wildman–Crippen MR) is 98.4 cm³/mol. The van der Waals surface area contributed by atoms with Crippen molar-refractivity contribution < 1.29 is 13.9 Å². The monoisotopic (exact) mass is 357 g/mol. The molecule has 2 aromatic carbocycles. The van der Waals surface area contributed by atoms with Gasteiger partial charge in [-0.1, -0.05) is 36.4 Å². The SMILES string of the molecule is Oc1ccc(CCN2C[C@@H]3C[C@](F)(Cc4ccccc4)C[C@@H]3C2)cc1F. The normalized spacial score (nSPS) is 28.4. The van der Waals surface area contributed by atoms with Crippen molar-refractivity contribution in [1.82, 2.24) is 4.90 Å². The number of fused-ring (bicyclic) bond motifs is 1. The molecule has 138 valence electrons. The third-order valence-electron chi connectivity index (χ3n) is 6.00. The first-order valence-electron chi connectivity index (χ1n) is 9.43. The molecule has 1 aliphatic heterocycles. The van der Waals surface area contributed by atoms with E-state index in [1.54, 1.807) is 6.07 Å². The lowest BCUT2D eigenvalue weighted by atomic mass is 9.93. The molecule has 2 nitrogen and oxygen atoms in total. The summed E-state index contributed by atoms with van der Waals surface area (Å²) >= 11 is 0. The number of benzene rings is 2. The molecule has 0 spiro atoms. The van der Waals surface area contributed by atoms with Gasteiger partial charge in [0, 0.05) is 26.1 Å². The number of nitrogens with zero attached hydrogens (tertiary/aromatic N) is 1. The quantitative estimate of drug-likeness (QED) is 0.859. The molecule has 1 aliphatic carbocycles. The van der Waals surface area contributed by atoms with E-state index in [1.807, 2.05) is 30.3 Å². The van der Waals surface area contributed by atoms with Gasteiger partial charge < -0.3 is 10.0 Å². The molecule has 4 heteroatoms. The fourth-order valence-electron chi connectivity index (χ4n) is 4.80. The summed E-state index contributed by atoms with van der Waals surface area (Å²) in [6.07, 6.45) is 2.57. The molecule has 2 fully saturated rings. The van der Waals surface area contributed by atoms with Crippen LogP contribution in [0.2, 0.25) is 0 Å². The van der Waals surface area contributed by atoms with Gasteiger partial charge in [-0.15, -0.1) is 0 Å². The summed E-state index contributed by atoms with van der Waals surface area (Å²) in [6, 6.07) is 14.5. The van der Waals surface area contributed by atoms with Crippen LogP contribution in [0, 0.1) is 17.7 Å². The minimum absolute atomic E-state index is 0.304. The van der Waals surface area contributed by atoms with E-state index in [-0.39, 0.29) is 5.75 Å². The van der Waals surface area contributed by atoms with E-state index < -0.39 is 11.5 Å². The molecule has 0 unspecified atom stereocenters. The van der Waals surface area contributed by atoms with Crippen LogP contribution in [0.5, 0.6) is 5.75 Å². The van der Waals surface area contributed by atoms with Gasteiger partial charge in [0.25, 0.3) is 0 Å². The zero-order valence-electron chi connectivity index (χ0n) is 14.9. The van der Waals surface area contributed by atoms with Crippen molar-refractivity contribution in [2.75, 3.05) is 19.6 Å². The molecule has 0 amide bonds. The van der Waals surface area contributed by atoms with E-state index in [0.29, 0.717) is 31.1 Å². The first-order chi connectivity index (χ1) is 12.5. The van der Waals surface area contributed by atoms with Crippen molar-refractivity contribution in [3.63, 3.8) is 0 Å². The van der Waals surface area contributed by atoms with Gasteiger partial charge in [0.1, 0.15) is 5.67 Å². The Hall–Kier alpha value is -1.94. The van der Waals surface area contributed by atoms with Crippen molar-refractivity contribution in [3.05, 3.63) is 65.5 Å². The number of phenolic OH excluding ortho intramolecular Hbond substituents is 1. The molecule has 1 saturated heterocycles. The topological polar surface area (TPSA) is 23.5 Å². The van der Waals surface area contributed by atoms with Gasteiger partial charge in [-0.2, -0.15) is 0 Å². The van der Waals surface area contributed by atoms with Crippen LogP contribution in [0.3, 0.4) is 0 Å². The number of alkyl halides is 1. The van der Waals surface area contributed by atoms with Crippen LogP contribution in [-0.2, 0) is 12.8 Å².